The van der Waals surface area contributed by atoms with Crippen LogP contribution in [0.4, 0.5) is 5.82 Å². The van der Waals surface area contributed by atoms with Gasteiger partial charge in [0.25, 0.3) is 0 Å². The van der Waals surface area contributed by atoms with Crippen LogP contribution in [0.3, 0.4) is 0 Å². The first kappa shape index (κ1) is 16.3. The van der Waals surface area contributed by atoms with E-state index in [4.69, 9.17) is 22.3 Å². The van der Waals surface area contributed by atoms with E-state index in [9.17, 15) is 0 Å². The van der Waals surface area contributed by atoms with Gasteiger partial charge in [0.05, 0.1) is 21.9 Å². The number of nitrogens with two attached hydrogens (primary N) is 1. The molecule has 128 valence electrons. The molecule has 3 heterocycles. The number of nitrogens with zero attached hydrogens (tertiary/aromatic N) is 3. The Kier molecular flexibility index (Phi) is 4.53. The number of aromatic nitrogens is 2. The van der Waals surface area contributed by atoms with Crippen LogP contribution in [0.2, 0.25) is 5.02 Å². The zero-order valence-corrected chi connectivity index (χ0v) is 14.6. The van der Waals surface area contributed by atoms with Gasteiger partial charge >= 0.3 is 0 Å². The molecule has 1 fully saturated rings. The van der Waals surface area contributed by atoms with Crippen LogP contribution in [0.1, 0.15) is 5.69 Å². The van der Waals surface area contributed by atoms with Crippen LogP contribution in [0, 0.1) is 0 Å². The summed E-state index contributed by atoms with van der Waals surface area (Å²) in [6, 6.07) is 14.1. The second kappa shape index (κ2) is 6.96. The molecule has 0 aliphatic carbocycles. The van der Waals surface area contributed by atoms with Gasteiger partial charge in [0.1, 0.15) is 5.82 Å². The maximum atomic E-state index is 6.53. The molecule has 0 saturated carbocycles. The molecule has 0 spiro atoms. The van der Waals surface area contributed by atoms with Crippen molar-refractivity contribution in [2.24, 2.45) is 5.73 Å². The monoisotopic (exact) mass is 353 g/mol. The van der Waals surface area contributed by atoms with E-state index in [1.54, 1.807) is 0 Å². The van der Waals surface area contributed by atoms with Gasteiger partial charge in [0.2, 0.25) is 0 Å². The van der Waals surface area contributed by atoms with Crippen molar-refractivity contribution in [3.05, 3.63) is 53.2 Å². The summed E-state index contributed by atoms with van der Waals surface area (Å²) in [7, 11) is 0. The van der Waals surface area contributed by atoms with Crippen LogP contribution < -0.4 is 16.0 Å². The van der Waals surface area contributed by atoms with Gasteiger partial charge in [-0.15, -0.1) is 0 Å². The average molecular weight is 354 g/mol. The molecule has 0 bridgehead atoms. The fourth-order valence-corrected chi connectivity index (χ4v) is 3.43. The second-order valence-electron chi connectivity index (χ2n) is 6.16. The lowest BCUT2D eigenvalue weighted by atomic mass is 10.1. The second-order valence-corrected chi connectivity index (χ2v) is 6.56. The molecule has 0 radical (unpaired) electrons. The number of nitrogens with one attached hydrogen (secondary N) is 1. The highest BCUT2D eigenvalue weighted by atomic mass is 35.5. The maximum Gasteiger partial charge on any atom is 0.148 e. The molecule has 5 nitrogen and oxygen atoms in total. The minimum atomic E-state index is 0.433. The molecule has 3 aromatic rings. The van der Waals surface area contributed by atoms with Gasteiger partial charge in [0, 0.05) is 43.7 Å². The zero-order valence-electron chi connectivity index (χ0n) is 13.9. The normalized spacial score (nSPS) is 14.9. The van der Waals surface area contributed by atoms with E-state index < -0.39 is 0 Å². The molecule has 1 aliphatic heterocycles. The van der Waals surface area contributed by atoms with Crippen LogP contribution in [0.5, 0.6) is 0 Å². The van der Waals surface area contributed by atoms with Crippen LogP contribution >= 0.6 is 11.6 Å². The maximum absolute atomic E-state index is 6.53. The van der Waals surface area contributed by atoms with Crippen LogP contribution in [0.15, 0.2) is 42.5 Å². The minimum Gasteiger partial charge on any atom is -0.353 e. The van der Waals surface area contributed by atoms with Crippen molar-refractivity contribution in [1.82, 2.24) is 15.3 Å². The molecule has 0 atom stereocenters. The standard InChI is InChI=1S/C19H20ClN5/c20-16-11-14-10-13(17-3-1-2-15(12-21)23-17)4-5-18(14)24-19(16)25-8-6-22-7-9-25/h1-5,10-11,22H,6-9,12,21H2. The summed E-state index contributed by atoms with van der Waals surface area (Å²) in [5.41, 5.74) is 9.46. The SMILES string of the molecule is NCc1cccc(-c2ccc3nc(N4CCNCC4)c(Cl)cc3c2)n1. The van der Waals surface area contributed by atoms with E-state index in [0.29, 0.717) is 11.6 Å². The molecule has 25 heavy (non-hydrogen) atoms. The van der Waals surface area contributed by atoms with Gasteiger partial charge in [-0.1, -0.05) is 23.7 Å². The topological polar surface area (TPSA) is 67.1 Å². The number of piperazine rings is 1. The molecule has 3 N–H and O–H groups in total. The molecule has 1 saturated heterocycles. The fourth-order valence-electron chi connectivity index (χ4n) is 3.15. The minimum absolute atomic E-state index is 0.433. The Bertz CT molecular complexity index is 905. The van der Waals surface area contributed by atoms with Crippen molar-refractivity contribution in [3.63, 3.8) is 0 Å². The van der Waals surface area contributed by atoms with E-state index in [-0.39, 0.29) is 0 Å². The van der Waals surface area contributed by atoms with E-state index in [1.165, 1.54) is 0 Å². The number of rotatable bonds is 3. The molecule has 2 aromatic heterocycles. The molecule has 1 aliphatic rings. The molecule has 0 amide bonds. The molecular formula is C19H20ClN5. The molecule has 0 unspecified atom stereocenters. The smallest absolute Gasteiger partial charge is 0.148 e. The Morgan fingerprint density at radius 3 is 2.72 bits per heavy atom. The van der Waals surface area contributed by atoms with Crippen LogP contribution in [-0.2, 0) is 6.54 Å². The van der Waals surface area contributed by atoms with Gasteiger partial charge in [0.15, 0.2) is 0 Å². The van der Waals surface area contributed by atoms with Gasteiger partial charge < -0.3 is 16.0 Å². The largest absolute Gasteiger partial charge is 0.353 e. The van der Waals surface area contributed by atoms with E-state index >= 15 is 0 Å². The van der Waals surface area contributed by atoms with Gasteiger partial charge in [-0.3, -0.25) is 4.98 Å². The zero-order chi connectivity index (χ0) is 17.2. The predicted octanol–water partition coefficient (Wildman–Crippen LogP) is 2.82. The van der Waals surface area contributed by atoms with Gasteiger partial charge in [-0.2, -0.15) is 0 Å². The Balaban J connectivity index is 1.73. The highest BCUT2D eigenvalue weighted by molar-refractivity contribution is 6.33. The summed E-state index contributed by atoms with van der Waals surface area (Å²) in [6.07, 6.45) is 0. The number of hydrogen-bond donors (Lipinski definition) is 2. The number of anilines is 1. The first-order chi connectivity index (χ1) is 12.2. The third kappa shape index (κ3) is 3.31. The number of benzene rings is 1. The summed E-state index contributed by atoms with van der Waals surface area (Å²) >= 11 is 6.53. The summed E-state index contributed by atoms with van der Waals surface area (Å²) in [5, 5.41) is 5.05. The van der Waals surface area contributed by atoms with Crippen molar-refractivity contribution < 1.29 is 0 Å². The quantitative estimate of drug-likeness (QED) is 0.758. The van der Waals surface area contributed by atoms with Crippen molar-refractivity contribution in [1.29, 1.82) is 0 Å². The van der Waals surface area contributed by atoms with Crippen LogP contribution in [0.25, 0.3) is 22.2 Å². The summed E-state index contributed by atoms with van der Waals surface area (Å²) in [4.78, 5) is 11.6. The lowest BCUT2D eigenvalue weighted by Gasteiger charge is -2.29. The Morgan fingerprint density at radius 1 is 1.08 bits per heavy atom. The fraction of sp³-hybridized carbons (Fsp3) is 0.263. The predicted molar refractivity (Wildman–Crippen MR) is 103 cm³/mol. The Labute approximate surface area is 151 Å². The van der Waals surface area contributed by atoms with Crippen molar-refractivity contribution >= 4 is 28.3 Å². The summed E-state index contributed by atoms with van der Waals surface area (Å²) < 4.78 is 0. The highest BCUT2D eigenvalue weighted by Gasteiger charge is 2.16. The van der Waals surface area contributed by atoms with Crippen molar-refractivity contribution in [2.75, 3.05) is 31.1 Å². The van der Waals surface area contributed by atoms with Gasteiger partial charge in [-0.25, -0.2) is 4.98 Å². The van der Waals surface area contributed by atoms with Crippen LogP contribution in [-0.4, -0.2) is 36.1 Å². The average Bonchev–Trinajstić information content (AvgIpc) is 2.67. The van der Waals surface area contributed by atoms with E-state index in [2.05, 4.69) is 21.3 Å². The number of hydrogen-bond acceptors (Lipinski definition) is 5. The number of pyridine rings is 2. The number of halogens is 1. The lowest BCUT2D eigenvalue weighted by molar-refractivity contribution is 0.585. The molecule has 4 rings (SSSR count). The lowest BCUT2D eigenvalue weighted by Crippen LogP contribution is -2.44. The Hall–Kier alpha value is -2.21. The first-order valence-electron chi connectivity index (χ1n) is 8.47. The Morgan fingerprint density at radius 2 is 1.92 bits per heavy atom. The van der Waals surface area contributed by atoms with E-state index in [1.807, 2.05) is 36.4 Å². The number of fused-ring (bicyclic) bond motifs is 1. The van der Waals surface area contributed by atoms with E-state index in [0.717, 1.165) is 59.9 Å². The third-order valence-corrected chi connectivity index (χ3v) is 4.76. The van der Waals surface area contributed by atoms with Crippen molar-refractivity contribution in [2.45, 2.75) is 6.54 Å². The van der Waals surface area contributed by atoms with Crippen molar-refractivity contribution in [3.8, 4) is 11.3 Å². The highest BCUT2D eigenvalue weighted by Crippen LogP contribution is 2.30. The summed E-state index contributed by atoms with van der Waals surface area (Å²) in [6.45, 7) is 4.19. The molecule has 1 aromatic carbocycles. The molecule has 6 heteroatoms. The first-order valence-corrected chi connectivity index (χ1v) is 8.85. The summed E-state index contributed by atoms with van der Waals surface area (Å²) in [5.74, 6) is 0.867. The van der Waals surface area contributed by atoms with Gasteiger partial charge in [-0.05, 0) is 30.3 Å². The molecular weight excluding hydrogens is 334 g/mol. The third-order valence-electron chi connectivity index (χ3n) is 4.48.